The topological polar surface area (TPSA) is 37.3 Å². The number of rotatable bonds is 1. The van der Waals surface area contributed by atoms with Gasteiger partial charge in [-0.1, -0.05) is 13.8 Å². The minimum atomic E-state index is -1.01. The van der Waals surface area contributed by atoms with Crippen LogP contribution in [-0.4, -0.2) is 21.9 Å². The Morgan fingerprint density at radius 3 is 2.62 bits per heavy atom. The molecule has 3 heteroatoms. The Labute approximate surface area is 84.3 Å². The molecule has 2 nitrogen and oxygen atoms in total. The Hall–Kier alpha value is -0.0800. The summed E-state index contributed by atoms with van der Waals surface area (Å²) in [5.74, 6) is 0.362. The van der Waals surface area contributed by atoms with Crippen LogP contribution in [0.4, 0.5) is 0 Å². The predicted molar refractivity (Wildman–Crippen MR) is 52.8 cm³/mol. The summed E-state index contributed by atoms with van der Waals surface area (Å²) in [6.07, 6.45) is 1.38. The van der Waals surface area contributed by atoms with Gasteiger partial charge in [0, 0.05) is 5.92 Å². The van der Waals surface area contributed by atoms with Gasteiger partial charge in [-0.2, -0.15) is 0 Å². The summed E-state index contributed by atoms with van der Waals surface area (Å²) < 4.78 is 0. The van der Waals surface area contributed by atoms with Crippen LogP contribution in [0.3, 0.4) is 0 Å². The number of aliphatic hydroxyl groups is 1. The van der Waals surface area contributed by atoms with Crippen molar-refractivity contribution >= 4 is 17.4 Å². The van der Waals surface area contributed by atoms with E-state index in [4.69, 9.17) is 11.6 Å². The number of halogens is 1. The molecule has 3 unspecified atom stereocenters. The summed E-state index contributed by atoms with van der Waals surface area (Å²) in [5.41, 5.74) is -1.01. The lowest BCUT2D eigenvalue weighted by molar-refractivity contribution is -0.132. The number of carbonyl (C=O) groups excluding carboxylic acids is 1. The first kappa shape index (κ1) is 11.0. The molecule has 1 N–H and O–H groups in total. The van der Waals surface area contributed by atoms with Crippen molar-refractivity contribution in [3.8, 4) is 0 Å². The van der Waals surface area contributed by atoms with Crippen LogP contribution in [0.5, 0.6) is 0 Å². The summed E-state index contributed by atoms with van der Waals surface area (Å²) in [6, 6.07) is 0. The van der Waals surface area contributed by atoms with Gasteiger partial charge < -0.3 is 5.11 Å². The lowest BCUT2D eigenvalue weighted by Gasteiger charge is -2.37. The second-order valence-electron chi connectivity index (χ2n) is 4.51. The zero-order valence-corrected chi connectivity index (χ0v) is 9.14. The number of Topliss-reactive ketones (excluding diaryl/α,β-unsaturated/α-hetero) is 1. The van der Waals surface area contributed by atoms with Gasteiger partial charge in [0.1, 0.15) is 5.38 Å². The lowest BCUT2D eigenvalue weighted by Crippen LogP contribution is -2.49. The molecule has 1 saturated carbocycles. The molecule has 1 fully saturated rings. The summed E-state index contributed by atoms with van der Waals surface area (Å²) in [7, 11) is 0. The molecule has 0 bridgehead atoms. The van der Waals surface area contributed by atoms with Gasteiger partial charge in [-0.3, -0.25) is 4.79 Å². The monoisotopic (exact) mass is 204 g/mol. The van der Waals surface area contributed by atoms with Crippen molar-refractivity contribution in [2.45, 2.75) is 44.6 Å². The summed E-state index contributed by atoms with van der Waals surface area (Å²) in [6.45, 7) is 5.68. The van der Waals surface area contributed by atoms with E-state index in [1.54, 1.807) is 6.92 Å². The van der Waals surface area contributed by atoms with Gasteiger partial charge in [-0.25, -0.2) is 0 Å². The van der Waals surface area contributed by atoms with E-state index in [1.807, 2.05) is 13.8 Å². The fourth-order valence-electron chi connectivity index (χ4n) is 1.87. The van der Waals surface area contributed by atoms with E-state index in [0.29, 0.717) is 12.3 Å². The molecule has 1 aliphatic rings. The predicted octanol–water partition coefficient (Wildman–Crippen LogP) is 1.98. The number of ketones is 1. The summed E-state index contributed by atoms with van der Waals surface area (Å²) in [5, 5.41) is 9.03. The van der Waals surface area contributed by atoms with E-state index in [0.717, 1.165) is 6.42 Å². The van der Waals surface area contributed by atoms with E-state index < -0.39 is 11.0 Å². The van der Waals surface area contributed by atoms with E-state index in [-0.39, 0.29) is 11.7 Å². The fraction of sp³-hybridized carbons (Fsp3) is 0.900. The smallest absolute Gasteiger partial charge is 0.156 e. The molecule has 3 atom stereocenters. The van der Waals surface area contributed by atoms with Gasteiger partial charge in [0.05, 0.1) is 5.60 Å². The van der Waals surface area contributed by atoms with Gasteiger partial charge in [0.25, 0.3) is 0 Å². The van der Waals surface area contributed by atoms with Crippen LogP contribution in [0.1, 0.15) is 33.6 Å². The Morgan fingerprint density at radius 2 is 2.15 bits per heavy atom. The van der Waals surface area contributed by atoms with Crippen molar-refractivity contribution in [1.29, 1.82) is 0 Å². The largest absolute Gasteiger partial charge is 0.388 e. The molecular weight excluding hydrogens is 188 g/mol. The SMILES string of the molecule is CC(C)C1CCC(C)(O)C(Cl)C1=O. The highest BCUT2D eigenvalue weighted by Gasteiger charge is 2.44. The van der Waals surface area contributed by atoms with Crippen molar-refractivity contribution in [2.75, 3.05) is 0 Å². The highest BCUT2D eigenvalue weighted by atomic mass is 35.5. The van der Waals surface area contributed by atoms with Crippen molar-refractivity contribution < 1.29 is 9.90 Å². The third-order valence-corrected chi connectivity index (χ3v) is 3.61. The maximum absolute atomic E-state index is 11.7. The molecule has 0 aromatic carbocycles. The Bertz CT molecular complexity index is 207. The third-order valence-electron chi connectivity index (χ3n) is 2.93. The highest BCUT2D eigenvalue weighted by molar-refractivity contribution is 6.32. The average molecular weight is 205 g/mol. The minimum absolute atomic E-state index is 0.00733. The van der Waals surface area contributed by atoms with Crippen LogP contribution in [0.15, 0.2) is 0 Å². The Kier molecular flexibility index (Phi) is 3.03. The van der Waals surface area contributed by atoms with Gasteiger partial charge >= 0.3 is 0 Å². The first-order valence-corrected chi connectivity index (χ1v) is 5.20. The van der Waals surface area contributed by atoms with Crippen LogP contribution < -0.4 is 0 Å². The molecule has 0 saturated heterocycles. The normalized spacial score (nSPS) is 41.2. The lowest BCUT2D eigenvalue weighted by atomic mass is 9.74. The summed E-state index contributed by atoms with van der Waals surface area (Å²) >= 11 is 5.90. The molecule has 0 heterocycles. The van der Waals surface area contributed by atoms with E-state index in [1.165, 1.54) is 0 Å². The fourth-order valence-corrected chi connectivity index (χ4v) is 2.14. The second kappa shape index (κ2) is 3.58. The van der Waals surface area contributed by atoms with Crippen LogP contribution in [0.25, 0.3) is 0 Å². The number of hydrogen-bond donors (Lipinski definition) is 1. The first-order valence-electron chi connectivity index (χ1n) is 4.76. The van der Waals surface area contributed by atoms with Crippen LogP contribution in [0, 0.1) is 11.8 Å². The second-order valence-corrected chi connectivity index (χ2v) is 4.95. The third kappa shape index (κ3) is 2.05. The van der Waals surface area contributed by atoms with Crippen molar-refractivity contribution in [1.82, 2.24) is 0 Å². The van der Waals surface area contributed by atoms with E-state index in [9.17, 15) is 9.90 Å². The Morgan fingerprint density at radius 1 is 1.62 bits per heavy atom. The van der Waals surface area contributed by atoms with Crippen molar-refractivity contribution in [2.24, 2.45) is 11.8 Å². The first-order chi connectivity index (χ1) is 5.86. The van der Waals surface area contributed by atoms with Crippen LogP contribution in [-0.2, 0) is 4.79 Å². The highest BCUT2D eigenvalue weighted by Crippen LogP contribution is 2.36. The van der Waals surface area contributed by atoms with Gasteiger partial charge in [-0.15, -0.1) is 11.6 Å². The number of carbonyl (C=O) groups is 1. The summed E-state index contributed by atoms with van der Waals surface area (Å²) in [4.78, 5) is 11.7. The van der Waals surface area contributed by atoms with Crippen LogP contribution >= 0.6 is 11.6 Å². The molecule has 1 aliphatic carbocycles. The zero-order chi connectivity index (χ0) is 10.2. The van der Waals surface area contributed by atoms with E-state index >= 15 is 0 Å². The molecule has 1 rings (SSSR count). The van der Waals surface area contributed by atoms with E-state index in [2.05, 4.69) is 0 Å². The average Bonchev–Trinajstić information content (AvgIpc) is 2.00. The molecular formula is C10H17ClO2. The van der Waals surface area contributed by atoms with Crippen molar-refractivity contribution in [3.05, 3.63) is 0 Å². The molecule has 0 amide bonds. The minimum Gasteiger partial charge on any atom is -0.388 e. The van der Waals surface area contributed by atoms with Gasteiger partial charge in [0.15, 0.2) is 5.78 Å². The molecule has 13 heavy (non-hydrogen) atoms. The van der Waals surface area contributed by atoms with Gasteiger partial charge in [-0.05, 0) is 25.7 Å². The number of alkyl halides is 1. The molecule has 0 aromatic rings. The molecule has 0 aliphatic heterocycles. The maximum Gasteiger partial charge on any atom is 0.156 e. The molecule has 0 aromatic heterocycles. The number of hydrogen-bond acceptors (Lipinski definition) is 2. The van der Waals surface area contributed by atoms with Gasteiger partial charge in [0.2, 0.25) is 0 Å². The van der Waals surface area contributed by atoms with Crippen molar-refractivity contribution in [3.63, 3.8) is 0 Å². The molecule has 0 radical (unpaired) electrons. The molecule has 0 spiro atoms. The maximum atomic E-state index is 11.7. The molecule has 76 valence electrons. The zero-order valence-electron chi connectivity index (χ0n) is 8.38. The quantitative estimate of drug-likeness (QED) is 0.664. The standard InChI is InChI=1S/C10H17ClO2/c1-6(2)7-4-5-10(3,13)9(11)8(7)12/h6-7,9,13H,4-5H2,1-3H3. The van der Waals surface area contributed by atoms with Crippen LogP contribution in [0.2, 0.25) is 0 Å². The Balaban J connectivity index is 2.77.